The molecule has 2 aromatic rings. The van der Waals surface area contributed by atoms with Crippen LogP contribution in [0.2, 0.25) is 0 Å². The van der Waals surface area contributed by atoms with E-state index in [-0.39, 0.29) is 29.5 Å². The Hall–Kier alpha value is -3.02. The van der Waals surface area contributed by atoms with Crippen molar-refractivity contribution in [2.75, 3.05) is 12.4 Å². The summed E-state index contributed by atoms with van der Waals surface area (Å²) in [5, 5.41) is 22.2. The molecule has 0 bridgehead atoms. The number of phenols is 2. The van der Waals surface area contributed by atoms with Crippen LogP contribution in [0, 0.1) is 0 Å². The number of amides is 2. The van der Waals surface area contributed by atoms with Crippen molar-refractivity contribution in [1.29, 1.82) is 0 Å². The third-order valence-corrected chi connectivity index (χ3v) is 3.29. The van der Waals surface area contributed by atoms with E-state index in [9.17, 15) is 19.8 Å². The van der Waals surface area contributed by atoms with Gasteiger partial charge in [0, 0.05) is 31.8 Å². The van der Waals surface area contributed by atoms with E-state index < -0.39 is 5.91 Å². The quantitative estimate of drug-likeness (QED) is 0.756. The second-order valence-electron chi connectivity index (χ2n) is 5.20. The summed E-state index contributed by atoms with van der Waals surface area (Å²) in [6.07, 6.45) is 0. The van der Waals surface area contributed by atoms with Crippen molar-refractivity contribution >= 4 is 17.5 Å². The molecular formula is C17H18N2O4. The van der Waals surface area contributed by atoms with Crippen molar-refractivity contribution < 1.29 is 19.8 Å². The second kappa shape index (κ2) is 6.83. The molecule has 0 saturated carbocycles. The Morgan fingerprint density at radius 1 is 1.09 bits per heavy atom. The Kier molecular flexibility index (Phi) is 4.85. The van der Waals surface area contributed by atoms with E-state index in [1.165, 1.54) is 30.0 Å². The molecule has 0 atom stereocenters. The van der Waals surface area contributed by atoms with Gasteiger partial charge in [-0.25, -0.2) is 0 Å². The first kappa shape index (κ1) is 16.4. The van der Waals surface area contributed by atoms with Crippen LogP contribution in [0.4, 0.5) is 5.69 Å². The van der Waals surface area contributed by atoms with Gasteiger partial charge in [0.25, 0.3) is 5.91 Å². The molecule has 0 aliphatic rings. The lowest BCUT2D eigenvalue weighted by Gasteiger charge is -2.19. The Labute approximate surface area is 134 Å². The Morgan fingerprint density at radius 3 is 2.43 bits per heavy atom. The number of rotatable bonds is 4. The van der Waals surface area contributed by atoms with Crippen LogP contribution in [0.1, 0.15) is 22.8 Å². The predicted octanol–water partition coefficient (Wildman–Crippen LogP) is 2.33. The standard InChI is InChI=1S/C17H18N2O4/c1-11(20)18-13-7-8-16(22)14(9-13)17(23)19(2)10-12-5-3-4-6-15(12)21/h3-9,21-22H,10H2,1-2H3,(H,18,20). The number of hydrogen-bond acceptors (Lipinski definition) is 4. The summed E-state index contributed by atoms with van der Waals surface area (Å²) in [6, 6.07) is 11.0. The molecule has 2 rings (SSSR count). The summed E-state index contributed by atoms with van der Waals surface area (Å²) < 4.78 is 0. The number of hydrogen-bond donors (Lipinski definition) is 3. The molecule has 6 nitrogen and oxygen atoms in total. The highest BCUT2D eigenvalue weighted by molar-refractivity contribution is 5.99. The average molecular weight is 314 g/mol. The first-order valence-electron chi connectivity index (χ1n) is 7.01. The maximum absolute atomic E-state index is 12.5. The van der Waals surface area contributed by atoms with Gasteiger partial charge >= 0.3 is 0 Å². The van der Waals surface area contributed by atoms with E-state index in [0.29, 0.717) is 11.3 Å². The minimum atomic E-state index is -0.419. The van der Waals surface area contributed by atoms with Crippen LogP contribution >= 0.6 is 0 Å². The average Bonchev–Trinajstić information content (AvgIpc) is 2.50. The summed E-state index contributed by atoms with van der Waals surface area (Å²) in [7, 11) is 1.57. The number of benzene rings is 2. The largest absolute Gasteiger partial charge is 0.508 e. The van der Waals surface area contributed by atoms with Gasteiger partial charge < -0.3 is 20.4 Å². The van der Waals surface area contributed by atoms with Gasteiger partial charge in [-0.15, -0.1) is 0 Å². The van der Waals surface area contributed by atoms with Crippen LogP contribution in [0.3, 0.4) is 0 Å². The lowest BCUT2D eigenvalue weighted by Crippen LogP contribution is -2.26. The summed E-state index contributed by atoms with van der Waals surface area (Å²) in [5.74, 6) is -0.758. The lowest BCUT2D eigenvalue weighted by atomic mass is 10.1. The van der Waals surface area contributed by atoms with E-state index in [4.69, 9.17) is 0 Å². The number of nitrogens with zero attached hydrogens (tertiary/aromatic N) is 1. The van der Waals surface area contributed by atoms with Crippen molar-refractivity contribution in [2.45, 2.75) is 13.5 Å². The molecule has 6 heteroatoms. The highest BCUT2D eigenvalue weighted by atomic mass is 16.3. The monoisotopic (exact) mass is 314 g/mol. The van der Waals surface area contributed by atoms with E-state index in [1.807, 2.05) is 0 Å². The number of nitrogens with one attached hydrogen (secondary N) is 1. The summed E-state index contributed by atoms with van der Waals surface area (Å²) in [6.45, 7) is 1.55. The smallest absolute Gasteiger partial charge is 0.257 e. The molecule has 0 spiro atoms. The summed E-state index contributed by atoms with van der Waals surface area (Å²) in [4.78, 5) is 25.0. The number of aromatic hydroxyl groups is 2. The van der Waals surface area contributed by atoms with Gasteiger partial charge in [0.2, 0.25) is 5.91 Å². The van der Waals surface area contributed by atoms with Gasteiger partial charge in [0.15, 0.2) is 0 Å². The molecule has 0 aromatic heterocycles. The molecule has 120 valence electrons. The van der Waals surface area contributed by atoms with Crippen LogP contribution in [-0.2, 0) is 11.3 Å². The minimum Gasteiger partial charge on any atom is -0.508 e. The fourth-order valence-electron chi connectivity index (χ4n) is 2.17. The van der Waals surface area contributed by atoms with E-state index in [0.717, 1.165) is 0 Å². The van der Waals surface area contributed by atoms with Crippen molar-refractivity contribution in [1.82, 2.24) is 4.90 Å². The number of phenolic OH excluding ortho intramolecular Hbond substituents is 2. The normalized spacial score (nSPS) is 10.2. The molecule has 3 N–H and O–H groups in total. The zero-order valence-corrected chi connectivity index (χ0v) is 12.9. The molecule has 2 aromatic carbocycles. The van der Waals surface area contributed by atoms with Crippen LogP contribution < -0.4 is 5.32 Å². The third-order valence-electron chi connectivity index (χ3n) is 3.29. The van der Waals surface area contributed by atoms with E-state index in [1.54, 1.807) is 31.3 Å². The van der Waals surface area contributed by atoms with E-state index >= 15 is 0 Å². The zero-order valence-electron chi connectivity index (χ0n) is 12.9. The SMILES string of the molecule is CC(=O)Nc1ccc(O)c(C(=O)N(C)Cc2ccccc2O)c1. The maximum atomic E-state index is 12.5. The summed E-state index contributed by atoms with van der Waals surface area (Å²) >= 11 is 0. The highest BCUT2D eigenvalue weighted by Crippen LogP contribution is 2.24. The molecule has 0 aliphatic heterocycles. The van der Waals surface area contributed by atoms with E-state index in [2.05, 4.69) is 5.32 Å². The molecule has 23 heavy (non-hydrogen) atoms. The van der Waals surface area contributed by atoms with Gasteiger partial charge in [-0.3, -0.25) is 9.59 Å². The second-order valence-corrected chi connectivity index (χ2v) is 5.20. The molecule has 0 fully saturated rings. The Morgan fingerprint density at radius 2 is 1.78 bits per heavy atom. The molecular weight excluding hydrogens is 296 g/mol. The zero-order chi connectivity index (χ0) is 17.0. The van der Waals surface area contributed by atoms with Crippen molar-refractivity contribution in [3.63, 3.8) is 0 Å². The van der Waals surface area contributed by atoms with Crippen LogP contribution in [0.25, 0.3) is 0 Å². The Bertz CT molecular complexity index is 743. The molecule has 0 aliphatic carbocycles. The fourth-order valence-corrected chi connectivity index (χ4v) is 2.17. The maximum Gasteiger partial charge on any atom is 0.257 e. The van der Waals surface area contributed by atoms with Gasteiger partial charge in [0.1, 0.15) is 11.5 Å². The first-order valence-corrected chi connectivity index (χ1v) is 7.01. The first-order chi connectivity index (χ1) is 10.9. The highest BCUT2D eigenvalue weighted by Gasteiger charge is 2.18. The third kappa shape index (κ3) is 4.00. The number of carbonyl (C=O) groups is 2. The molecule has 0 heterocycles. The number of anilines is 1. The number of carbonyl (C=O) groups excluding carboxylic acids is 2. The van der Waals surface area contributed by atoms with Crippen LogP contribution in [-0.4, -0.2) is 34.0 Å². The van der Waals surface area contributed by atoms with Crippen LogP contribution in [0.5, 0.6) is 11.5 Å². The number of para-hydroxylation sites is 1. The molecule has 0 radical (unpaired) electrons. The fraction of sp³-hybridized carbons (Fsp3) is 0.176. The predicted molar refractivity (Wildman–Crippen MR) is 86.3 cm³/mol. The Balaban J connectivity index is 2.22. The lowest BCUT2D eigenvalue weighted by molar-refractivity contribution is -0.114. The van der Waals surface area contributed by atoms with Crippen LogP contribution in [0.15, 0.2) is 42.5 Å². The minimum absolute atomic E-state index is 0.0779. The van der Waals surface area contributed by atoms with Gasteiger partial charge in [-0.05, 0) is 24.3 Å². The van der Waals surface area contributed by atoms with Crippen molar-refractivity contribution in [2.24, 2.45) is 0 Å². The topological polar surface area (TPSA) is 89.9 Å². The molecule has 0 unspecified atom stereocenters. The van der Waals surface area contributed by atoms with Crippen molar-refractivity contribution in [3.05, 3.63) is 53.6 Å². The summed E-state index contributed by atoms with van der Waals surface area (Å²) in [5.41, 5.74) is 1.10. The van der Waals surface area contributed by atoms with Crippen molar-refractivity contribution in [3.8, 4) is 11.5 Å². The van der Waals surface area contributed by atoms with Gasteiger partial charge in [-0.1, -0.05) is 18.2 Å². The molecule has 0 saturated heterocycles. The van der Waals surface area contributed by atoms with Gasteiger partial charge in [-0.2, -0.15) is 0 Å². The van der Waals surface area contributed by atoms with Gasteiger partial charge in [0.05, 0.1) is 5.56 Å². The molecule has 2 amide bonds.